The number of anilines is 3. The maximum Gasteiger partial charge on any atom is 0.323 e. The summed E-state index contributed by atoms with van der Waals surface area (Å²) in [5.41, 5.74) is 6.06. The van der Waals surface area contributed by atoms with Crippen LogP contribution in [0.3, 0.4) is 0 Å². The number of nitrogens with zero attached hydrogens (tertiary/aromatic N) is 4. The van der Waals surface area contributed by atoms with Gasteiger partial charge in [0.25, 0.3) is 0 Å². The van der Waals surface area contributed by atoms with E-state index >= 15 is 0 Å². The highest BCUT2D eigenvalue weighted by molar-refractivity contribution is 5.58. The number of hydrogen-bond donors (Lipinski definition) is 1. The Balaban J connectivity index is 2.38. The number of benzene rings is 1. The summed E-state index contributed by atoms with van der Waals surface area (Å²) >= 11 is 0. The van der Waals surface area contributed by atoms with E-state index in [9.17, 15) is 4.39 Å². The molecule has 2 N–H and O–H groups in total. The predicted octanol–water partition coefficient (Wildman–Crippen LogP) is 2.54. The molecular weight excluding hydrogens is 273 g/mol. The summed E-state index contributed by atoms with van der Waals surface area (Å²) < 4.78 is 19.3. The minimum absolute atomic E-state index is 0.0425. The lowest BCUT2D eigenvalue weighted by Gasteiger charge is -2.21. The first-order valence-electron chi connectivity index (χ1n) is 6.82. The van der Waals surface area contributed by atoms with Gasteiger partial charge in [-0.25, -0.2) is 4.39 Å². The molecule has 0 radical (unpaired) electrons. The van der Waals surface area contributed by atoms with Crippen LogP contribution in [0.1, 0.15) is 20.3 Å². The van der Waals surface area contributed by atoms with E-state index in [4.69, 9.17) is 10.5 Å². The average Bonchev–Trinajstić information content (AvgIpc) is 2.47. The lowest BCUT2D eigenvalue weighted by molar-refractivity contribution is 0.292. The summed E-state index contributed by atoms with van der Waals surface area (Å²) in [4.78, 5) is 13.8. The molecule has 112 valence electrons. The van der Waals surface area contributed by atoms with E-state index in [0.717, 1.165) is 6.42 Å². The lowest BCUT2D eigenvalue weighted by atomic mass is 10.3. The van der Waals surface area contributed by atoms with E-state index in [0.29, 0.717) is 18.8 Å². The Labute approximate surface area is 122 Å². The Morgan fingerprint density at radius 1 is 1.19 bits per heavy atom. The van der Waals surface area contributed by atoms with Crippen LogP contribution in [-0.2, 0) is 0 Å². The van der Waals surface area contributed by atoms with Crippen molar-refractivity contribution < 1.29 is 9.13 Å². The van der Waals surface area contributed by atoms with Crippen LogP contribution in [0.2, 0.25) is 0 Å². The zero-order valence-corrected chi connectivity index (χ0v) is 12.1. The maximum atomic E-state index is 13.9. The van der Waals surface area contributed by atoms with Crippen molar-refractivity contribution in [1.82, 2.24) is 15.0 Å². The number of aromatic nitrogens is 3. The monoisotopic (exact) mass is 291 g/mol. The fourth-order valence-electron chi connectivity index (χ4n) is 1.83. The molecular formula is C14H18FN5O. The van der Waals surface area contributed by atoms with E-state index < -0.39 is 0 Å². The summed E-state index contributed by atoms with van der Waals surface area (Å²) in [6, 6.07) is 6.57. The molecule has 1 heterocycles. The van der Waals surface area contributed by atoms with E-state index in [1.54, 1.807) is 23.1 Å². The Morgan fingerprint density at radius 3 is 2.62 bits per heavy atom. The minimum Gasteiger partial charge on any atom is -0.463 e. The Bertz CT molecular complexity index is 608. The SMILES string of the molecule is CCCOc1nc(N)nc(N(CC)c2ccccc2F)n1. The molecule has 0 saturated carbocycles. The second kappa shape index (κ2) is 6.83. The number of rotatable bonds is 6. The summed E-state index contributed by atoms with van der Waals surface area (Å²) in [5.74, 6) is -0.0449. The molecule has 0 aliphatic carbocycles. The van der Waals surface area contributed by atoms with E-state index in [2.05, 4.69) is 15.0 Å². The van der Waals surface area contributed by atoms with Crippen LogP contribution >= 0.6 is 0 Å². The van der Waals surface area contributed by atoms with Crippen LogP contribution in [0, 0.1) is 5.82 Å². The molecule has 6 nitrogen and oxygen atoms in total. The van der Waals surface area contributed by atoms with Gasteiger partial charge >= 0.3 is 6.01 Å². The van der Waals surface area contributed by atoms with Gasteiger partial charge < -0.3 is 15.4 Å². The van der Waals surface area contributed by atoms with Crippen LogP contribution in [0.5, 0.6) is 6.01 Å². The van der Waals surface area contributed by atoms with E-state index in [1.165, 1.54) is 6.07 Å². The van der Waals surface area contributed by atoms with Gasteiger partial charge in [-0.05, 0) is 25.5 Å². The average molecular weight is 291 g/mol. The number of nitrogen functional groups attached to an aromatic ring is 1. The van der Waals surface area contributed by atoms with Gasteiger partial charge in [-0.1, -0.05) is 19.1 Å². The molecule has 0 amide bonds. The summed E-state index contributed by atoms with van der Waals surface area (Å²) in [5, 5.41) is 0. The quantitative estimate of drug-likeness (QED) is 0.881. The number of nitrogens with two attached hydrogens (primary N) is 1. The van der Waals surface area contributed by atoms with Gasteiger partial charge in [-0.2, -0.15) is 15.0 Å². The third-order valence-corrected chi connectivity index (χ3v) is 2.76. The smallest absolute Gasteiger partial charge is 0.323 e. The van der Waals surface area contributed by atoms with Crippen molar-refractivity contribution in [1.29, 1.82) is 0 Å². The highest BCUT2D eigenvalue weighted by Gasteiger charge is 2.16. The molecule has 1 aromatic heterocycles. The molecule has 0 aliphatic heterocycles. The van der Waals surface area contributed by atoms with Gasteiger partial charge in [0.15, 0.2) is 0 Å². The molecule has 0 saturated heterocycles. The minimum atomic E-state index is -0.352. The van der Waals surface area contributed by atoms with Gasteiger partial charge in [0.05, 0.1) is 12.3 Å². The van der Waals surface area contributed by atoms with Gasteiger partial charge in [-0.3, -0.25) is 0 Å². The Kier molecular flexibility index (Phi) is 4.86. The van der Waals surface area contributed by atoms with Crippen LogP contribution in [0.25, 0.3) is 0 Å². The summed E-state index contributed by atoms with van der Waals surface area (Å²) in [6.07, 6.45) is 0.825. The van der Waals surface area contributed by atoms with Crippen molar-refractivity contribution in [2.24, 2.45) is 0 Å². The molecule has 0 unspecified atom stereocenters. The van der Waals surface area contributed by atoms with Crippen LogP contribution in [0.15, 0.2) is 24.3 Å². The summed E-state index contributed by atoms with van der Waals surface area (Å²) in [7, 11) is 0. The fourth-order valence-corrected chi connectivity index (χ4v) is 1.83. The second-order valence-electron chi connectivity index (χ2n) is 4.32. The number of halogens is 1. The number of ether oxygens (including phenoxy) is 1. The molecule has 0 aliphatic rings. The predicted molar refractivity (Wildman–Crippen MR) is 79.1 cm³/mol. The van der Waals surface area contributed by atoms with Crippen molar-refractivity contribution in [2.45, 2.75) is 20.3 Å². The van der Waals surface area contributed by atoms with Gasteiger partial charge in [-0.15, -0.1) is 0 Å². The molecule has 0 fully saturated rings. The topological polar surface area (TPSA) is 77.2 Å². The Morgan fingerprint density at radius 2 is 1.95 bits per heavy atom. The van der Waals surface area contributed by atoms with Gasteiger partial charge in [0.1, 0.15) is 5.82 Å². The number of para-hydroxylation sites is 1. The fraction of sp³-hybridized carbons (Fsp3) is 0.357. The van der Waals surface area contributed by atoms with Crippen molar-refractivity contribution in [2.75, 3.05) is 23.8 Å². The third-order valence-electron chi connectivity index (χ3n) is 2.76. The maximum absolute atomic E-state index is 13.9. The standard InChI is InChI=1S/C14H18FN5O/c1-3-9-21-14-18-12(16)17-13(19-14)20(4-2)11-8-6-5-7-10(11)15/h5-8H,3-4,9H2,1-2H3,(H2,16,17,18,19). The van der Waals surface area contributed by atoms with Gasteiger partial charge in [0, 0.05) is 6.54 Å². The number of hydrogen-bond acceptors (Lipinski definition) is 6. The molecule has 1 aromatic carbocycles. The molecule has 0 atom stereocenters. The molecule has 7 heteroatoms. The van der Waals surface area contributed by atoms with Crippen molar-refractivity contribution in [3.05, 3.63) is 30.1 Å². The van der Waals surface area contributed by atoms with Crippen LogP contribution in [-0.4, -0.2) is 28.1 Å². The third kappa shape index (κ3) is 3.56. The highest BCUT2D eigenvalue weighted by atomic mass is 19.1. The van der Waals surface area contributed by atoms with Crippen molar-refractivity contribution in [3.63, 3.8) is 0 Å². The largest absolute Gasteiger partial charge is 0.463 e. The molecule has 0 bridgehead atoms. The highest BCUT2D eigenvalue weighted by Crippen LogP contribution is 2.25. The zero-order valence-electron chi connectivity index (χ0n) is 12.1. The zero-order chi connectivity index (χ0) is 15.2. The van der Waals surface area contributed by atoms with Crippen LogP contribution in [0.4, 0.5) is 22.0 Å². The van der Waals surface area contributed by atoms with Crippen molar-refractivity contribution in [3.8, 4) is 6.01 Å². The normalized spacial score (nSPS) is 10.4. The lowest BCUT2D eigenvalue weighted by Crippen LogP contribution is -2.21. The van der Waals surface area contributed by atoms with Crippen LogP contribution < -0.4 is 15.4 Å². The van der Waals surface area contributed by atoms with E-state index in [-0.39, 0.29) is 23.7 Å². The summed E-state index contributed by atoms with van der Waals surface area (Å²) in [6.45, 7) is 4.81. The van der Waals surface area contributed by atoms with Crippen molar-refractivity contribution >= 4 is 17.6 Å². The Hall–Kier alpha value is -2.44. The molecule has 0 spiro atoms. The first-order chi connectivity index (χ1) is 10.2. The second-order valence-corrected chi connectivity index (χ2v) is 4.32. The first kappa shape index (κ1) is 15.0. The first-order valence-corrected chi connectivity index (χ1v) is 6.82. The molecule has 2 aromatic rings. The van der Waals surface area contributed by atoms with E-state index in [1.807, 2.05) is 13.8 Å². The van der Waals surface area contributed by atoms with Gasteiger partial charge in [0.2, 0.25) is 11.9 Å². The molecule has 21 heavy (non-hydrogen) atoms. The molecule has 2 rings (SSSR count).